The summed E-state index contributed by atoms with van der Waals surface area (Å²) in [4.78, 5) is 41.3. The number of carbonyl (C=O) groups excluding carboxylic acids is 1. The van der Waals surface area contributed by atoms with E-state index in [1.165, 1.54) is 41.3 Å². The Bertz CT molecular complexity index is 2700. The maximum atomic E-state index is 13.9. The molecule has 15 nitrogen and oxygen atoms in total. The van der Waals surface area contributed by atoms with Crippen molar-refractivity contribution in [2.75, 3.05) is 86.3 Å². The Morgan fingerprint density at radius 2 is 1.62 bits per heavy atom. The minimum absolute atomic E-state index is 0.0429. The highest BCUT2D eigenvalue weighted by Gasteiger charge is 2.26. The number of hydrogen-bond donors (Lipinski definition) is 3. The number of morpholine rings is 1. The molecule has 0 spiro atoms. The van der Waals surface area contributed by atoms with Gasteiger partial charge in [0.2, 0.25) is 5.91 Å². The summed E-state index contributed by atoms with van der Waals surface area (Å²) in [6, 6.07) is 34.8. The number of sulfonamides is 1. The highest BCUT2D eigenvalue weighted by Crippen LogP contribution is 2.33. The number of nitrogens with zero attached hydrogens (tertiary/aromatic N) is 6. The number of ether oxygens (including phenoxy) is 1. The van der Waals surface area contributed by atoms with Crippen molar-refractivity contribution in [2.24, 2.45) is 0 Å². The Morgan fingerprint density at radius 1 is 0.862 bits per heavy atom. The molecule has 0 unspecified atom stereocenters. The van der Waals surface area contributed by atoms with Gasteiger partial charge in [0.15, 0.2) is 5.82 Å². The molecule has 65 heavy (non-hydrogen) atoms. The zero-order valence-electron chi connectivity index (χ0n) is 35.6. The lowest BCUT2D eigenvalue weighted by Gasteiger charge is -2.36. The molecule has 2 saturated heterocycles. The van der Waals surface area contributed by atoms with Crippen molar-refractivity contribution in [3.8, 4) is 11.1 Å². The maximum Gasteiger partial charge on any atom is 0.293 e. The van der Waals surface area contributed by atoms with E-state index in [9.17, 15) is 23.3 Å². The topological polar surface area (TPSA) is 175 Å². The lowest BCUT2D eigenvalue weighted by molar-refractivity contribution is -0.384. The van der Waals surface area contributed by atoms with Crippen LogP contribution in [0.4, 0.5) is 22.9 Å². The number of carbonyl (C=O) groups is 1. The number of hydrogen-bond acceptors (Lipinski definition) is 13. The Balaban J connectivity index is 0.921. The van der Waals surface area contributed by atoms with E-state index in [4.69, 9.17) is 16.3 Å². The van der Waals surface area contributed by atoms with Gasteiger partial charge in [0, 0.05) is 104 Å². The van der Waals surface area contributed by atoms with Gasteiger partial charge < -0.3 is 20.3 Å². The van der Waals surface area contributed by atoms with E-state index in [0.717, 1.165) is 68.0 Å². The first-order valence-electron chi connectivity index (χ1n) is 21.5. The van der Waals surface area contributed by atoms with Gasteiger partial charge in [0.05, 0.1) is 28.5 Å². The lowest BCUT2D eigenvalue weighted by atomic mass is 9.99. The molecule has 0 saturated carbocycles. The summed E-state index contributed by atoms with van der Waals surface area (Å²) in [7, 11) is -4.35. The summed E-state index contributed by atoms with van der Waals surface area (Å²) >= 11 is 7.66. The van der Waals surface area contributed by atoms with Crippen molar-refractivity contribution in [3.63, 3.8) is 0 Å². The highest BCUT2D eigenvalue weighted by atomic mass is 35.5. The van der Waals surface area contributed by atoms with E-state index in [1.807, 2.05) is 66.7 Å². The number of rotatable bonds is 18. The molecule has 8 rings (SSSR count). The molecule has 18 heteroatoms. The van der Waals surface area contributed by atoms with Gasteiger partial charge in [-0.2, -0.15) is 0 Å². The second-order valence-electron chi connectivity index (χ2n) is 15.9. The zero-order chi connectivity index (χ0) is 45.2. The standard InChI is InChI=1S/C47H50ClN9O6S2/c48-36-12-10-34(11-13-36)41-9-5-4-6-35(41)31-55-20-22-56(23-21-55)38-14-16-42-44(29-38)50-33-51-47(42)53-65(61,62)40-15-17-43(45(30-40)57(59)60)52-37(32-64-39-7-2-1-3-8-39)28-46(58)49-18-19-54-24-26-63-27-25-54/h1-17,29-30,33,37,52H,18-28,31-32H2,(H,49,58)(H,50,51,53)/t37-/m1/s1. The molecule has 2 aliphatic heterocycles. The van der Waals surface area contributed by atoms with E-state index in [2.05, 4.69) is 64.3 Å². The Hall–Kier alpha value is -5.82. The van der Waals surface area contributed by atoms with Gasteiger partial charge in [-0.05, 0) is 71.3 Å². The highest BCUT2D eigenvalue weighted by molar-refractivity contribution is 7.99. The second kappa shape index (κ2) is 21.4. The van der Waals surface area contributed by atoms with Crippen LogP contribution in [0.5, 0.6) is 0 Å². The van der Waals surface area contributed by atoms with Gasteiger partial charge in [-0.1, -0.05) is 66.2 Å². The predicted octanol–water partition coefficient (Wildman–Crippen LogP) is 7.39. The van der Waals surface area contributed by atoms with Crippen LogP contribution >= 0.6 is 23.4 Å². The molecule has 338 valence electrons. The fourth-order valence-electron chi connectivity index (χ4n) is 7.99. The van der Waals surface area contributed by atoms with Crippen LogP contribution in [0, 0.1) is 10.1 Å². The molecular formula is C47H50ClN9O6S2. The number of anilines is 3. The maximum absolute atomic E-state index is 13.9. The number of thioether (sulfide) groups is 1. The van der Waals surface area contributed by atoms with Crippen LogP contribution in [0.2, 0.25) is 5.02 Å². The predicted molar refractivity (Wildman–Crippen MR) is 257 cm³/mol. The molecule has 5 aromatic carbocycles. The van der Waals surface area contributed by atoms with Crippen molar-refractivity contribution in [1.82, 2.24) is 25.1 Å². The van der Waals surface area contributed by atoms with Gasteiger partial charge in [-0.15, -0.1) is 11.8 Å². The minimum atomic E-state index is -4.35. The number of piperazine rings is 1. The molecule has 2 aliphatic rings. The van der Waals surface area contributed by atoms with Crippen LogP contribution < -0.4 is 20.3 Å². The molecule has 0 aliphatic carbocycles. The van der Waals surface area contributed by atoms with Gasteiger partial charge >= 0.3 is 0 Å². The number of halogens is 1. The van der Waals surface area contributed by atoms with E-state index >= 15 is 0 Å². The summed E-state index contributed by atoms with van der Waals surface area (Å²) in [5, 5.41) is 19.8. The zero-order valence-corrected chi connectivity index (χ0v) is 38.0. The number of aromatic nitrogens is 2. The van der Waals surface area contributed by atoms with Crippen molar-refractivity contribution in [3.05, 3.63) is 142 Å². The third kappa shape index (κ3) is 12.1. The fraction of sp³-hybridized carbons (Fsp3) is 0.298. The van der Waals surface area contributed by atoms with Crippen LogP contribution in [0.15, 0.2) is 131 Å². The molecule has 3 N–H and O–H groups in total. The van der Waals surface area contributed by atoms with E-state index in [1.54, 1.807) is 6.07 Å². The van der Waals surface area contributed by atoms with Gasteiger partial charge in [0.1, 0.15) is 12.0 Å². The van der Waals surface area contributed by atoms with Gasteiger partial charge in [-0.25, -0.2) is 18.4 Å². The van der Waals surface area contributed by atoms with Crippen LogP contribution in [0.3, 0.4) is 0 Å². The van der Waals surface area contributed by atoms with Gasteiger partial charge in [0.25, 0.3) is 15.7 Å². The van der Waals surface area contributed by atoms with Crippen molar-refractivity contribution in [1.29, 1.82) is 0 Å². The quantitative estimate of drug-likeness (QED) is 0.0443. The molecule has 1 amide bonds. The Morgan fingerprint density at radius 3 is 2.38 bits per heavy atom. The SMILES string of the molecule is O=C(C[C@H](CSc1ccccc1)Nc1ccc(S(=O)(=O)Nc2ncnc3cc(N4CCN(Cc5ccccc5-c5ccc(Cl)cc5)CC4)ccc23)cc1[N+](=O)[O-])NCCN1CCOCC1. The first-order chi connectivity index (χ1) is 31.6. The van der Waals surface area contributed by atoms with Crippen molar-refractivity contribution >= 4 is 73.1 Å². The van der Waals surface area contributed by atoms with Crippen molar-refractivity contribution in [2.45, 2.75) is 28.8 Å². The largest absolute Gasteiger partial charge is 0.379 e. The summed E-state index contributed by atoms with van der Waals surface area (Å²) in [5.74, 6) is 0.262. The molecule has 1 aromatic heterocycles. The Kier molecular flexibility index (Phi) is 15.1. The summed E-state index contributed by atoms with van der Waals surface area (Å²) in [6.45, 7) is 8.17. The molecule has 3 heterocycles. The number of nitro benzene ring substituents is 1. The number of nitrogens with one attached hydrogen (secondary N) is 3. The summed E-state index contributed by atoms with van der Waals surface area (Å²) < 4.78 is 35.7. The van der Waals surface area contributed by atoms with Gasteiger partial charge in [-0.3, -0.25) is 29.4 Å². The monoisotopic (exact) mass is 935 g/mol. The molecular weight excluding hydrogens is 886 g/mol. The van der Waals surface area contributed by atoms with Crippen LogP contribution in [0.1, 0.15) is 12.0 Å². The average molecular weight is 937 g/mol. The van der Waals surface area contributed by atoms with Crippen LogP contribution in [-0.2, 0) is 26.1 Å². The normalized spacial score (nSPS) is 15.4. The first-order valence-corrected chi connectivity index (χ1v) is 24.3. The Labute approximate surface area is 387 Å². The second-order valence-corrected chi connectivity index (χ2v) is 19.1. The van der Waals surface area contributed by atoms with E-state index in [0.29, 0.717) is 48.0 Å². The minimum Gasteiger partial charge on any atom is -0.379 e. The molecule has 2 fully saturated rings. The summed E-state index contributed by atoms with van der Waals surface area (Å²) in [6.07, 6.45) is 1.34. The first kappa shape index (κ1) is 45.7. The number of amides is 1. The fourth-order valence-corrected chi connectivity index (χ4v) is 10.1. The molecule has 0 bridgehead atoms. The number of benzene rings is 5. The van der Waals surface area contributed by atoms with Crippen LogP contribution in [0.25, 0.3) is 22.0 Å². The lowest BCUT2D eigenvalue weighted by Crippen LogP contribution is -2.46. The number of fused-ring (bicyclic) bond motifs is 1. The van der Waals surface area contributed by atoms with Crippen molar-refractivity contribution < 1.29 is 22.9 Å². The van der Waals surface area contributed by atoms with E-state index < -0.39 is 26.7 Å². The molecule has 0 radical (unpaired) electrons. The molecule has 1 atom stereocenters. The molecule has 6 aromatic rings. The smallest absolute Gasteiger partial charge is 0.293 e. The number of nitro groups is 1. The third-order valence-corrected chi connectivity index (χ3v) is 14.2. The third-order valence-electron chi connectivity index (χ3n) is 11.5. The van der Waals surface area contributed by atoms with Crippen LogP contribution in [-0.4, -0.2) is 116 Å². The average Bonchev–Trinajstić information content (AvgIpc) is 3.32. The van der Waals surface area contributed by atoms with E-state index in [-0.39, 0.29) is 28.7 Å². The summed E-state index contributed by atoms with van der Waals surface area (Å²) in [5.41, 5.74) is 4.71.